The molecule has 1 saturated carbocycles. The molecule has 7 heteroatoms. The van der Waals surface area contributed by atoms with Crippen molar-refractivity contribution in [3.8, 4) is 0 Å². The Hall–Kier alpha value is -1.92. The molecule has 0 aromatic rings. The molecule has 2 aliphatic rings. The van der Waals surface area contributed by atoms with E-state index >= 15 is 0 Å². The van der Waals surface area contributed by atoms with Gasteiger partial charge in [-0.3, -0.25) is 9.59 Å². The van der Waals surface area contributed by atoms with Crippen LogP contribution < -0.4 is 0 Å². The Morgan fingerprint density at radius 3 is 2.24 bits per heavy atom. The van der Waals surface area contributed by atoms with Crippen LogP contribution in [0, 0.1) is 11.3 Å². The molecule has 25 heavy (non-hydrogen) atoms. The zero-order valence-electron chi connectivity index (χ0n) is 15.2. The summed E-state index contributed by atoms with van der Waals surface area (Å²) in [6, 6.07) is 0. The van der Waals surface area contributed by atoms with E-state index in [-0.39, 0.29) is 13.2 Å². The summed E-state index contributed by atoms with van der Waals surface area (Å²) in [4.78, 5) is 37.1. The van der Waals surface area contributed by atoms with Crippen LogP contribution in [0.2, 0.25) is 0 Å². The maximum atomic E-state index is 12.7. The first-order valence-corrected chi connectivity index (χ1v) is 9.02. The maximum absolute atomic E-state index is 12.7. The first-order chi connectivity index (χ1) is 11.8. The molecule has 0 spiro atoms. The molecule has 1 N–H and O–H groups in total. The van der Waals surface area contributed by atoms with Gasteiger partial charge in [-0.15, -0.1) is 0 Å². The zero-order valence-corrected chi connectivity index (χ0v) is 15.2. The summed E-state index contributed by atoms with van der Waals surface area (Å²) < 4.78 is 12.2. The fourth-order valence-electron chi connectivity index (χ4n) is 4.01. The molecular weight excluding hydrogens is 326 g/mol. The molecule has 2 fully saturated rings. The van der Waals surface area contributed by atoms with E-state index in [9.17, 15) is 19.5 Å². The van der Waals surface area contributed by atoms with Crippen molar-refractivity contribution in [2.75, 3.05) is 19.8 Å². The van der Waals surface area contributed by atoms with E-state index in [1.165, 1.54) is 0 Å². The highest BCUT2D eigenvalue weighted by molar-refractivity contribution is 6.03. The molecular formula is C18H28NO6+. The van der Waals surface area contributed by atoms with Gasteiger partial charge in [0.1, 0.15) is 12.8 Å². The van der Waals surface area contributed by atoms with Gasteiger partial charge in [0.05, 0.1) is 19.1 Å². The number of nitrogens with zero attached hydrogens (tertiary/aromatic N) is 1. The van der Waals surface area contributed by atoms with Crippen molar-refractivity contribution in [2.24, 2.45) is 11.3 Å². The number of carboxylic acid groups (broad SMARTS) is 1. The van der Waals surface area contributed by atoms with E-state index < -0.39 is 34.8 Å². The lowest BCUT2D eigenvalue weighted by molar-refractivity contribution is -0.567. The Morgan fingerprint density at radius 1 is 1.12 bits per heavy atom. The molecule has 1 heterocycles. The minimum atomic E-state index is -1.37. The summed E-state index contributed by atoms with van der Waals surface area (Å²) in [7, 11) is 0. The van der Waals surface area contributed by atoms with E-state index in [1.54, 1.807) is 31.6 Å². The normalized spacial score (nSPS) is 29.6. The summed E-state index contributed by atoms with van der Waals surface area (Å²) in [6.07, 6.45) is 4.76. The predicted molar refractivity (Wildman–Crippen MR) is 89.5 cm³/mol. The lowest BCUT2D eigenvalue weighted by Crippen LogP contribution is -2.49. The Kier molecular flexibility index (Phi) is 5.85. The van der Waals surface area contributed by atoms with Gasteiger partial charge in [-0.05, 0) is 26.7 Å². The topological polar surface area (TPSA) is 92.9 Å². The standard InChI is InChI=1S/C18H27NO6/c1-4-24-15(22)18(16(23)25-5-2)10-6-8-13(18)12-19-11-7-9-17(19,3)14(20)21/h12-13H,4-11H2,1-3H3/p+1/t13?,17-/m0/s1. The quantitative estimate of drug-likeness (QED) is 0.443. The second-order valence-corrected chi connectivity index (χ2v) is 6.94. The minimum absolute atomic E-state index is 0.184. The molecule has 7 nitrogen and oxygen atoms in total. The van der Waals surface area contributed by atoms with E-state index in [0.717, 1.165) is 6.42 Å². The van der Waals surface area contributed by atoms with Crippen LogP contribution in [0.15, 0.2) is 0 Å². The summed E-state index contributed by atoms with van der Waals surface area (Å²) in [5.74, 6) is -2.44. The molecule has 140 valence electrons. The Bertz CT molecular complexity index is 566. The van der Waals surface area contributed by atoms with Crippen molar-refractivity contribution < 1.29 is 33.5 Å². The van der Waals surface area contributed by atoms with Crippen LogP contribution in [-0.2, 0) is 23.9 Å². The summed E-state index contributed by atoms with van der Waals surface area (Å²) in [5, 5.41) is 9.59. The average Bonchev–Trinajstić information content (AvgIpc) is 3.14. The van der Waals surface area contributed by atoms with E-state index in [0.29, 0.717) is 32.2 Å². The van der Waals surface area contributed by atoms with Crippen molar-refractivity contribution in [3.05, 3.63) is 0 Å². The summed E-state index contributed by atoms with van der Waals surface area (Å²) in [5.41, 5.74) is -2.37. The van der Waals surface area contributed by atoms with Gasteiger partial charge in [-0.25, -0.2) is 9.37 Å². The van der Waals surface area contributed by atoms with Gasteiger partial charge in [-0.1, -0.05) is 6.42 Å². The predicted octanol–water partition coefficient (Wildman–Crippen LogP) is 1.62. The number of ether oxygens (including phenoxy) is 2. The van der Waals surface area contributed by atoms with E-state index in [2.05, 4.69) is 0 Å². The van der Waals surface area contributed by atoms with Gasteiger partial charge in [0.25, 0.3) is 5.54 Å². The van der Waals surface area contributed by atoms with E-state index in [4.69, 9.17) is 9.47 Å². The molecule has 1 aliphatic carbocycles. The van der Waals surface area contributed by atoms with Crippen molar-refractivity contribution in [1.29, 1.82) is 0 Å². The highest BCUT2D eigenvalue weighted by Gasteiger charge is 2.59. The van der Waals surface area contributed by atoms with Crippen LogP contribution >= 0.6 is 0 Å². The highest BCUT2D eigenvalue weighted by Crippen LogP contribution is 2.45. The van der Waals surface area contributed by atoms with Crippen molar-refractivity contribution >= 4 is 24.1 Å². The molecule has 2 rings (SSSR count). The molecule has 0 aromatic heterocycles. The molecule has 1 aliphatic heterocycles. The second kappa shape index (κ2) is 7.54. The summed E-state index contributed by atoms with van der Waals surface area (Å²) in [6.45, 7) is 6.05. The Balaban J connectivity index is 2.43. The van der Waals surface area contributed by atoms with Crippen LogP contribution in [-0.4, -0.2) is 59.1 Å². The molecule has 1 saturated heterocycles. The van der Waals surface area contributed by atoms with Gasteiger partial charge in [0.15, 0.2) is 5.41 Å². The van der Waals surface area contributed by atoms with Crippen LogP contribution in [0.25, 0.3) is 0 Å². The molecule has 1 unspecified atom stereocenters. The van der Waals surface area contributed by atoms with Gasteiger partial charge >= 0.3 is 17.9 Å². The van der Waals surface area contributed by atoms with Crippen molar-refractivity contribution in [1.82, 2.24) is 0 Å². The second-order valence-electron chi connectivity index (χ2n) is 6.94. The first-order valence-electron chi connectivity index (χ1n) is 9.02. The third-order valence-electron chi connectivity index (χ3n) is 5.52. The fraction of sp³-hybridized carbons (Fsp3) is 0.778. The Morgan fingerprint density at radius 2 is 1.72 bits per heavy atom. The van der Waals surface area contributed by atoms with Gasteiger partial charge in [-0.2, -0.15) is 0 Å². The lowest BCUT2D eigenvalue weighted by atomic mass is 9.78. The van der Waals surface area contributed by atoms with Crippen molar-refractivity contribution in [3.63, 3.8) is 0 Å². The number of esters is 2. The molecule has 0 radical (unpaired) electrons. The number of carbonyl (C=O) groups excluding carboxylic acids is 2. The number of aliphatic carboxylic acids is 1. The Labute approximate surface area is 148 Å². The smallest absolute Gasteiger partial charge is 0.375 e. The van der Waals surface area contributed by atoms with Crippen molar-refractivity contribution in [2.45, 2.75) is 58.4 Å². The minimum Gasteiger partial charge on any atom is -0.476 e. The molecule has 0 aromatic carbocycles. The monoisotopic (exact) mass is 354 g/mol. The molecule has 0 bridgehead atoms. The van der Waals surface area contributed by atoms with Crippen LogP contribution in [0.4, 0.5) is 0 Å². The molecule has 2 atom stereocenters. The summed E-state index contributed by atoms with van der Waals surface area (Å²) >= 11 is 0. The van der Waals surface area contributed by atoms with Gasteiger partial charge in [0.2, 0.25) is 0 Å². The first kappa shape index (κ1) is 19.4. The van der Waals surface area contributed by atoms with Crippen LogP contribution in [0.5, 0.6) is 0 Å². The number of hydrogen-bond donors (Lipinski definition) is 1. The third-order valence-corrected chi connectivity index (χ3v) is 5.52. The fourth-order valence-corrected chi connectivity index (χ4v) is 4.01. The lowest BCUT2D eigenvalue weighted by Gasteiger charge is -2.28. The van der Waals surface area contributed by atoms with Crippen LogP contribution in [0.1, 0.15) is 52.9 Å². The third kappa shape index (κ3) is 3.28. The largest absolute Gasteiger partial charge is 0.476 e. The maximum Gasteiger partial charge on any atom is 0.375 e. The highest BCUT2D eigenvalue weighted by atomic mass is 16.6. The SMILES string of the molecule is CCOC(=O)C1(C(=O)OCC)CCCC1C=[N+]1CCC[C@@]1(C)C(=O)O. The number of hydrogen-bond acceptors (Lipinski definition) is 5. The van der Waals surface area contributed by atoms with E-state index in [1.807, 2.05) is 0 Å². The average molecular weight is 354 g/mol. The van der Waals surface area contributed by atoms with Crippen LogP contribution in [0.3, 0.4) is 0 Å². The number of carboxylic acids is 1. The zero-order chi connectivity index (χ0) is 18.7. The number of carbonyl (C=O) groups is 3. The van der Waals surface area contributed by atoms with Gasteiger partial charge < -0.3 is 14.6 Å². The van der Waals surface area contributed by atoms with Gasteiger partial charge in [0, 0.05) is 19.8 Å². The molecule has 0 amide bonds. The number of rotatable bonds is 6.